The molecule has 1 aromatic carbocycles. The molecule has 0 bridgehead atoms. The Labute approximate surface area is 112 Å². The summed E-state index contributed by atoms with van der Waals surface area (Å²) in [6.45, 7) is 2.73. The Hall–Kier alpha value is -2.54. The minimum atomic E-state index is 0.0585. The van der Waals surface area contributed by atoms with Gasteiger partial charge >= 0.3 is 0 Å². The molecule has 1 aromatic heterocycles. The fourth-order valence-electron chi connectivity index (χ4n) is 1.61. The van der Waals surface area contributed by atoms with Crippen LogP contribution in [-0.2, 0) is 6.54 Å². The highest BCUT2D eigenvalue weighted by Gasteiger charge is 1.98. The molecule has 2 rings (SSSR count). The largest absolute Gasteiger partial charge is 0.479 e. The number of nitrogens with zero attached hydrogens (tertiary/aromatic N) is 2. The van der Waals surface area contributed by atoms with E-state index in [1.807, 2.05) is 55.6 Å². The lowest BCUT2D eigenvalue weighted by Crippen LogP contribution is -2.02. The third kappa shape index (κ3) is 4.00. The molecule has 0 spiro atoms. The summed E-state index contributed by atoms with van der Waals surface area (Å²) in [6, 6.07) is 13.5. The Morgan fingerprint density at radius 2 is 2.21 bits per heavy atom. The lowest BCUT2D eigenvalue weighted by Gasteiger charge is -2.08. The summed E-state index contributed by atoms with van der Waals surface area (Å²) in [5.41, 5.74) is 3.07. The zero-order valence-electron chi connectivity index (χ0n) is 10.8. The highest BCUT2D eigenvalue weighted by Crippen LogP contribution is 2.17. The van der Waals surface area contributed by atoms with Crippen molar-refractivity contribution in [2.24, 2.45) is 0 Å². The van der Waals surface area contributed by atoms with Crippen LogP contribution in [0.1, 0.15) is 11.3 Å². The van der Waals surface area contributed by atoms with Gasteiger partial charge in [0.05, 0.1) is 12.2 Å². The van der Waals surface area contributed by atoms with Crippen LogP contribution in [0.4, 0.5) is 5.69 Å². The van der Waals surface area contributed by atoms with E-state index in [0.29, 0.717) is 12.3 Å². The van der Waals surface area contributed by atoms with E-state index in [4.69, 9.17) is 10.00 Å². The van der Waals surface area contributed by atoms with Crippen LogP contribution < -0.4 is 10.1 Å². The van der Waals surface area contributed by atoms with Crippen molar-refractivity contribution in [2.45, 2.75) is 13.5 Å². The minimum Gasteiger partial charge on any atom is -0.479 e. The molecule has 0 fully saturated rings. The molecule has 2 aromatic rings. The lowest BCUT2D eigenvalue weighted by molar-refractivity contribution is 0.368. The number of nitrogens with one attached hydrogen (secondary N) is 1. The maximum atomic E-state index is 8.47. The number of benzene rings is 1. The highest BCUT2D eigenvalue weighted by molar-refractivity contribution is 5.48. The summed E-state index contributed by atoms with van der Waals surface area (Å²) in [7, 11) is 0. The van der Waals surface area contributed by atoms with Crippen molar-refractivity contribution < 1.29 is 4.74 Å². The topological polar surface area (TPSA) is 57.9 Å². The van der Waals surface area contributed by atoms with Crippen LogP contribution in [0, 0.1) is 18.3 Å². The van der Waals surface area contributed by atoms with E-state index in [-0.39, 0.29) is 6.61 Å². The van der Waals surface area contributed by atoms with Gasteiger partial charge in [0.1, 0.15) is 11.8 Å². The molecule has 96 valence electrons. The molecule has 4 heteroatoms. The molecule has 0 amide bonds. The number of pyridine rings is 1. The molecular weight excluding hydrogens is 238 g/mol. The van der Waals surface area contributed by atoms with E-state index in [9.17, 15) is 0 Å². The molecule has 0 aliphatic rings. The number of ether oxygens (including phenoxy) is 1. The first-order valence-electron chi connectivity index (χ1n) is 6.03. The van der Waals surface area contributed by atoms with Crippen molar-refractivity contribution in [2.75, 3.05) is 11.9 Å². The van der Waals surface area contributed by atoms with Gasteiger partial charge in [0, 0.05) is 18.0 Å². The molecule has 0 saturated heterocycles. The second-order valence-electron chi connectivity index (χ2n) is 4.16. The monoisotopic (exact) mass is 253 g/mol. The van der Waals surface area contributed by atoms with Crippen LogP contribution >= 0.6 is 0 Å². The van der Waals surface area contributed by atoms with Gasteiger partial charge in [-0.2, -0.15) is 5.26 Å². The molecule has 0 unspecified atom stereocenters. The SMILES string of the molecule is Cc1ccc(CNc2cccc(OCC#N)c2)nc1. The van der Waals surface area contributed by atoms with Crippen molar-refractivity contribution in [1.29, 1.82) is 5.26 Å². The molecule has 0 aliphatic carbocycles. The van der Waals surface area contributed by atoms with Gasteiger partial charge in [-0.25, -0.2) is 0 Å². The van der Waals surface area contributed by atoms with E-state index in [2.05, 4.69) is 10.3 Å². The van der Waals surface area contributed by atoms with E-state index in [1.54, 1.807) is 0 Å². The normalized spacial score (nSPS) is 9.68. The third-order valence-corrected chi connectivity index (χ3v) is 2.58. The first kappa shape index (κ1) is 12.9. The first-order valence-corrected chi connectivity index (χ1v) is 6.03. The number of hydrogen-bond acceptors (Lipinski definition) is 4. The van der Waals surface area contributed by atoms with Crippen molar-refractivity contribution in [3.05, 3.63) is 53.9 Å². The average molecular weight is 253 g/mol. The Kier molecular flexibility index (Phi) is 4.35. The Morgan fingerprint density at radius 3 is 2.95 bits per heavy atom. The molecule has 0 aliphatic heterocycles. The second kappa shape index (κ2) is 6.41. The second-order valence-corrected chi connectivity index (χ2v) is 4.16. The Balaban J connectivity index is 1.95. The number of aromatic nitrogens is 1. The molecule has 4 nitrogen and oxygen atoms in total. The molecule has 1 heterocycles. The van der Waals surface area contributed by atoms with Crippen molar-refractivity contribution in [3.63, 3.8) is 0 Å². The summed E-state index contributed by atoms with van der Waals surface area (Å²) in [6.07, 6.45) is 1.85. The first-order chi connectivity index (χ1) is 9.28. The Morgan fingerprint density at radius 1 is 1.32 bits per heavy atom. The van der Waals surface area contributed by atoms with E-state index in [1.165, 1.54) is 0 Å². The van der Waals surface area contributed by atoms with Gasteiger partial charge < -0.3 is 10.1 Å². The minimum absolute atomic E-state index is 0.0585. The van der Waals surface area contributed by atoms with Gasteiger partial charge in [-0.05, 0) is 30.7 Å². The standard InChI is InChI=1S/C15H15N3O/c1-12-5-6-14(17-10-12)11-18-13-3-2-4-15(9-13)19-8-7-16/h2-6,9-10,18H,8,11H2,1H3. The zero-order chi connectivity index (χ0) is 13.5. The van der Waals surface area contributed by atoms with Crippen LogP contribution in [0.25, 0.3) is 0 Å². The number of aryl methyl sites for hydroxylation is 1. The van der Waals surface area contributed by atoms with Gasteiger partial charge in [-0.3, -0.25) is 4.98 Å². The highest BCUT2D eigenvalue weighted by atomic mass is 16.5. The van der Waals surface area contributed by atoms with Crippen LogP contribution in [0.2, 0.25) is 0 Å². The maximum Gasteiger partial charge on any atom is 0.174 e. The zero-order valence-corrected chi connectivity index (χ0v) is 10.8. The van der Waals surface area contributed by atoms with E-state index in [0.717, 1.165) is 16.9 Å². The third-order valence-electron chi connectivity index (χ3n) is 2.58. The quantitative estimate of drug-likeness (QED) is 0.890. The fraction of sp³-hybridized carbons (Fsp3) is 0.200. The molecule has 1 N–H and O–H groups in total. The lowest BCUT2D eigenvalue weighted by atomic mass is 10.2. The molecule has 0 atom stereocenters. The maximum absolute atomic E-state index is 8.47. The summed E-state index contributed by atoms with van der Waals surface area (Å²) in [5.74, 6) is 0.684. The summed E-state index contributed by atoms with van der Waals surface area (Å²) in [5, 5.41) is 11.7. The van der Waals surface area contributed by atoms with Crippen molar-refractivity contribution in [1.82, 2.24) is 4.98 Å². The smallest absolute Gasteiger partial charge is 0.174 e. The summed E-state index contributed by atoms with van der Waals surface area (Å²) >= 11 is 0. The van der Waals surface area contributed by atoms with Crippen LogP contribution in [0.3, 0.4) is 0 Å². The molecular formula is C15H15N3O. The molecule has 0 saturated carbocycles. The van der Waals surface area contributed by atoms with E-state index < -0.39 is 0 Å². The molecule has 19 heavy (non-hydrogen) atoms. The average Bonchev–Trinajstić information content (AvgIpc) is 2.45. The van der Waals surface area contributed by atoms with Crippen molar-refractivity contribution in [3.8, 4) is 11.8 Å². The van der Waals surface area contributed by atoms with Gasteiger partial charge in [0.25, 0.3) is 0 Å². The predicted molar refractivity (Wildman–Crippen MR) is 73.9 cm³/mol. The Bertz CT molecular complexity index is 573. The number of anilines is 1. The van der Waals surface area contributed by atoms with Crippen LogP contribution in [-0.4, -0.2) is 11.6 Å². The number of nitriles is 1. The number of rotatable bonds is 5. The van der Waals surface area contributed by atoms with Gasteiger partial charge in [-0.1, -0.05) is 12.1 Å². The van der Waals surface area contributed by atoms with Gasteiger partial charge in [-0.15, -0.1) is 0 Å². The summed E-state index contributed by atoms with van der Waals surface area (Å²) < 4.78 is 5.25. The number of hydrogen-bond donors (Lipinski definition) is 1. The fourth-order valence-corrected chi connectivity index (χ4v) is 1.61. The van der Waals surface area contributed by atoms with Crippen LogP contribution in [0.15, 0.2) is 42.6 Å². The van der Waals surface area contributed by atoms with Gasteiger partial charge in [0.15, 0.2) is 6.61 Å². The summed E-state index contributed by atoms with van der Waals surface area (Å²) in [4.78, 5) is 4.33. The van der Waals surface area contributed by atoms with Crippen molar-refractivity contribution >= 4 is 5.69 Å². The molecule has 0 radical (unpaired) electrons. The predicted octanol–water partition coefficient (Wildman–Crippen LogP) is 2.90. The van der Waals surface area contributed by atoms with Gasteiger partial charge in [0.2, 0.25) is 0 Å². The van der Waals surface area contributed by atoms with Crippen LogP contribution in [0.5, 0.6) is 5.75 Å². The van der Waals surface area contributed by atoms with E-state index >= 15 is 0 Å².